The minimum Gasteiger partial charge on any atom is -0.374 e. The molecule has 0 saturated carbocycles. The van der Waals surface area contributed by atoms with Gasteiger partial charge in [0.05, 0.1) is 6.07 Å². The van der Waals surface area contributed by atoms with Gasteiger partial charge in [0, 0.05) is 0 Å². The summed E-state index contributed by atoms with van der Waals surface area (Å²) < 4.78 is 0. The van der Waals surface area contributed by atoms with Crippen LogP contribution in [-0.2, 0) is 6.42 Å². The Morgan fingerprint density at radius 1 is 1.06 bits per heavy atom. The fourth-order valence-electron chi connectivity index (χ4n) is 2.41. The highest BCUT2D eigenvalue weighted by Gasteiger charge is 2.19. The number of nitrogens with zero attached hydrogens (tertiary/aromatic N) is 1. The van der Waals surface area contributed by atoms with Crippen molar-refractivity contribution in [2.75, 3.05) is 0 Å². The molecule has 0 spiro atoms. The van der Waals surface area contributed by atoms with Gasteiger partial charge in [-0.3, -0.25) is 0 Å². The molecule has 2 nitrogen and oxygen atoms in total. The van der Waals surface area contributed by atoms with Crippen LogP contribution in [0.1, 0.15) is 22.8 Å². The van der Waals surface area contributed by atoms with E-state index in [4.69, 9.17) is 5.26 Å². The smallest absolute Gasteiger partial charge is 0.165 e. The molecule has 0 bridgehead atoms. The maximum atomic E-state index is 9.52. The first-order valence-corrected chi connectivity index (χ1v) is 5.58. The fourth-order valence-corrected chi connectivity index (χ4v) is 2.41. The zero-order valence-electron chi connectivity index (χ0n) is 9.22. The zero-order chi connectivity index (χ0) is 11.8. The predicted octanol–water partition coefficient (Wildman–Crippen LogP) is 2.81. The van der Waals surface area contributed by atoms with E-state index in [1.165, 1.54) is 22.3 Å². The molecule has 82 valence electrons. The lowest BCUT2D eigenvalue weighted by molar-refractivity contribution is 0.236. The van der Waals surface area contributed by atoms with E-state index in [1.54, 1.807) is 0 Å². The number of hydrogen-bond acceptors (Lipinski definition) is 2. The van der Waals surface area contributed by atoms with Crippen LogP contribution in [0.2, 0.25) is 0 Å². The van der Waals surface area contributed by atoms with Gasteiger partial charge in [0.2, 0.25) is 0 Å². The number of nitriles is 1. The molecule has 2 aromatic carbocycles. The van der Waals surface area contributed by atoms with E-state index in [0.29, 0.717) is 5.56 Å². The van der Waals surface area contributed by atoms with Gasteiger partial charge in [-0.05, 0) is 34.2 Å². The highest BCUT2D eigenvalue weighted by atomic mass is 16.3. The third kappa shape index (κ3) is 1.52. The van der Waals surface area contributed by atoms with Crippen molar-refractivity contribution < 1.29 is 5.11 Å². The molecule has 2 aromatic rings. The Morgan fingerprint density at radius 2 is 1.82 bits per heavy atom. The van der Waals surface area contributed by atoms with Crippen molar-refractivity contribution in [2.24, 2.45) is 0 Å². The highest BCUT2D eigenvalue weighted by Crippen LogP contribution is 2.37. The topological polar surface area (TPSA) is 44.0 Å². The van der Waals surface area contributed by atoms with Gasteiger partial charge >= 0.3 is 0 Å². The highest BCUT2D eigenvalue weighted by molar-refractivity contribution is 5.77. The second-order valence-corrected chi connectivity index (χ2v) is 4.28. The van der Waals surface area contributed by atoms with E-state index < -0.39 is 6.10 Å². The summed E-state index contributed by atoms with van der Waals surface area (Å²) in [5.41, 5.74) is 5.66. The lowest BCUT2D eigenvalue weighted by Crippen LogP contribution is -1.94. The van der Waals surface area contributed by atoms with Crippen LogP contribution in [0.5, 0.6) is 0 Å². The van der Waals surface area contributed by atoms with Crippen molar-refractivity contribution in [3.05, 3.63) is 59.2 Å². The first-order chi connectivity index (χ1) is 8.29. The molecular formula is C15H11NO. The number of aliphatic hydroxyl groups excluding tert-OH is 1. The number of fused-ring (bicyclic) bond motifs is 3. The molecule has 0 fully saturated rings. The quantitative estimate of drug-likeness (QED) is 0.642. The molecular weight excluding hydrogens is 210 g/mol. The monoisotopic (exact) mass is 221 g/mol. The third-order valence-electron chi connectivity index (χ3n) is 3.26. The standard InChI is InChI=1S/C15H11NO/c16-9-15(17)11-5-6-14-12(8-11)7-10-3-1-2-4-13(10)14/h1-6,8,15,17H,7H2. The van der Waals surface area contributed by atoms with Crippen LogP contribution in [0.3, 0.4) is 0 Å². The lowest BCUT2D eigenvalue weighted by Gasteiger charge is -2.05. The Hall–Kier alpha value is -2.11. The molecule has 0 heterocycles. The molecule has 1 N–H and O–H groups in total. The second kappa shape index (κ2) is 3.73. The molecule has 0 amide bonds. The molecule has 0 aromatic heterocycles. The van der Waals surface area contributed by atoms with Crippen molar-refractivity contribution in [1.29, 1.82) is 5.26 Å². The van der Waals surface area contributed by atoms with Crippen LogP contribution in [-0.4, -0.2) is 5.11 Å². The minimum absolute atomic E-state index is 0.680. The average Bonchev–Trinajstić information content (AvgIpc) is 2.75. The van der Waals surface area contributed by atoms with E-state index >= 15 is 0 Å². The van der Waals surface area contributed by atoms with Gasteiger partial charge in [-0.2, -0.15) is 5.26 Å². The van der Waals surface area contributed by atoms with Crippen molar-refractivity contribution in [3.63, 3.8) is 0 Å². The van der Waals surface area contributed by atoms with Gasteiger partial charge in [0.25, 0.3) is 0 Å². The van der Waals surface area contributed by atoms with E-state index in [9.17, 15) is 5.11 Å². The van der Waals surface area contributed by atoms with Gasteiger partial charge in [-0.15, -0.1) is 0 Å². The molecule has 2 heteroatoms. The van der Waals surface area contributed by atoms with Crippen LogP contribution < -0.4 is 0 Å². The first-order valence-electron chi connectivity index (χ1n) is 5.58. The zero-order valence-corrected chi connectivity index (χ0v) is 9.22. The molecule has 0 aliphatic heterocycles. The number of benzene rings is 2. The van der Waals surface area contributed by atoms with Crippen molar-refractivity contribution in [1.82, 2.24) is 0 Å². The predicted molar refractivity (Wildman–Crippen MR) is 65.3 cm³/mol. The van der Waals surface area contributed by atoms with Gasteiger partial charge < -0.3 is 5.11 Å². The van der Waals surface area contributed by atoms with Gasteiger partial charge in [-0.25, -0.2) is 0 Å². The van der Waals surface area contributed by atoms with E-state index in [2.05, 4.69) is 12.1 Å². The van der Waals surface area contributed by atoms with Gasteiger partial charge in [0.1, 0.15) is 0 Å². The summed E-state index contributed by atoms with van der Waals surface area (Å²) in [6, 6.07) is 15.9. The summed E-state index contributed by atoms with van der Waals surface area (Å²) in [4.78, 5) is 0. The Bertz CT molecular complexity index is 625. The molecule has 1 aliphatic carbocycles. The van der Waals surface area contributed by atoms with Gasteiger partial charge in [0.15, 0.2) is 6.10 Å². The Balaban J connectivity index is 2.11. The molecule has 1 unspecified atom stereocenters. The Kier molecular flexibility index (Phi) is 2.21. The Labute approximate surface area is 99.8 Å². The molecule has 1 atom stereocenters. The second-order valence-electron chi connectivity index (χ2n) is 4.28. The maximum absolute atomic E-state index is 9.52. The van der Waals surface area contributed by atoms with Crippen molar-refractivity contribution >= 4 is 0 Å². The summed E-state index contributed by atoms with van der Waals surface area (Å²) in [5, 5.41) is 18.2. The SMILES string of the molecule is N#CC(O)c1ccc2c(c1)Cc1ccccc1-2. The summed E-state index contributed by atoms with van der Waals surface area (Å²) in [6.45, 7) is 0. The number of rotatable bonds is 1. The molecule has 17 heavy (non-hydrogen) atoms. The Morgan fingerprint density at radius 3 is 2.65 bits per heavy atom. The van der Waals surface area contributed by atoms with Crippen molar-refractivity contribution in [3.8, 4) is 17.2 Å². The molecule has 1 aliphatic rings. The van der Waals surface area contributed by atoms with Gasteiger partial charge in [-0.1, -0.05) is 42.5 Å². The van der Waals surface area contributed by atoms with Crippen LogP contribution in [0.15, 0.2) is 42.5 Å². The normalized spacial score (nSPS) is 13.6. The minimum atomic E-state index is -1.02. The summed E-state index contributed by atoms with van der Waals surface area (Å²) >= 11 is 0. The molecule has 0 radical (unpaired) electrons. The largest absolute Gasteiger partial charge is 0.374 e. The van der Waals surface area contributed by atoms with Crippen molar-refractivity contribution in [2.45, 2.75) is 12.5 Å². The average molecular weight is 221 g/mol. The summed E-state index contributed by atoms with van der Waals surface area (Å²) in [5.74, 6) is 0. The number of hydrogen-bond donors (Lipinski definition) is 1. The lowest BCUT2D eigenvalue weighted by atomic mass is 10.0. The first kappa shape index (κ1) is 10.1. The van der Waals surface area contributed by atoms with E-state index in [-0.39, 0.29) is 0 Å². The van der Waals surface area contributed by atoms with E-state index in [0.717, 1.165) is 6.42 Å². The summed E-state index contributed by atoms with van der Waals surface area (Å²) in [6.07, 6.45) is -0.138. The van der Waals surface area contributed by atoms with Crippen LogP contribution in [0, 0.1) is 11.3 Å². The third-order valence-corrected chi connectivity index (χ3v) is 3.26. The maximum Gasteiger partial charge on any atom is 0.165 e. The van der Waals surface area contributed by atoms with E-state index in [1.807, 2.05) is 36.4 Å². The van der Waals surface area contributed by atoms with Crippen LogP contribution in [0.4, 0.5) is 0 Å². The fraction of sp³-hybridized carbons (Fsp3) is 0.133. The molecule has 3 rings (SSSR count). The van der Waals surface area contributed by atoms with Crippen LogP contribution in [0.25, 0.3) is 11.1 Å². The summed E-state index contributed by atoms with van der Waals surface area (Å²) in [7, 11) is 0. The molecule has 0 saturated heterocycles. The van der Waals surface area contributed by atoms with Crippen LogP contribution >= 0.6 is 0 Å². The number of aliphatic hydroxyl groups is 1.